The van der Waals surface area contributed by atoms with Gasteiger partial charge in [0.25, 0.3) is 5.91 Å². The number of benzene rings is 1. The topological polar surface area (TPSA) is 68.0 Å². The SMILES string of the molecule is CCC(NC(=O)c1cnccc1N)c1ccccc1. The van der Waals surface area contributed by atoms with E-state index in [1.807, 2.05) is 37.3 Å². The number of aromatic nitrogens is 1. The molecule has 0 spiro atoms. The fraction of sp³-hybridized carbons (Fsp3) is 0.200. The van der Waals surface area contributed by atoms with Crippen molar-refractivity contribution in [3.8, 4) is 0 Å². The molecule has 0 saturated heterocycles. The van der Waals surface area contributed by atoms with Crippen molar-refractivity contribution >= 4 is 11.6 Å². The summed E-state index contributed by atoms with van der Waals surface area (Å²) in [7, 11) is 0. The van der Waals surface area contributed by atoms with Gasteiger partial charge in [-0.2, -0.15) is 0 Å². The van der Waals surface area contributed by atoms with Gasteiger partial charge in [-0.3, -0.25) is 9.78 Å². The van der Waals surface area contributed by atoms with Gasteiger partial charge < -0.3 is 11.1 Å². The van der Waals surface area contributed by atoms with Gasteiger partial charge in [-0.1, -0.05) is 37.3 Å². The van der Waals surface area contributed by atoms with Crippen LogP contribution in [0.25, 0.3) is 0 Å². The molecule has 1 aromatic heterocycles. The van der Waals surface area contributed by atoms with E-state index in [1.165, 1.54) is 6.20 Å². The Morgan fingerprint density at radius 2 is 2.05 bits per heavy atom. The Balaban J connectivity index is 2.16. The van der Waals surface area contributed by atoms with Crippen molar-refractivity contribution in [2.24, 2.45) is 0 Å². The second kappa shape index (κ2) is 6.00. The molecule has 0 aliphatic heterocycles. The summed E-state index contributed by atoms with van der Waals surface area (Å²) in [4.78, 5) is 16.1. The molecule has 1 heterocycles. The van der Waals surface area contributed by atoms with E-state index < -0.39 is 0 Å². The number of nitrogens with two attached hydrogens (primary N) is 1. The standard InChI is InChI=1S/C15H17N3O/c1-2-14(11-6-4-3-5-7-11)18-15(19)12-10-17-9-8-13(12)16/h3-10,14H,2H2,1H3,(H2,16,17)(H,18,19). The summed E-state index contributed by atoms with van der Waals surface area (Å²) in [5, 5.41) is 2.98. The Bertz CT molecular complexity index is 554. The summed E-state index contributed by atoms with van der Waals surface area (Å²) < 4.78 is 0. The number of hydrogen-bond acceptors (Lipinski definition) is 3. The number of nitrogens with one attached hydrogen (secondary N) is 1. The third-order valence-corrected chi connectivity index (χ3v) is 3.01. The molecule has 0 fully saturated rings. The average Bonchev–Trinajstić information content (AvgIpc) is 2.46. The lowest BCUT2D eigenvalue weighted by Gasteiger charge is -2.17. The molecule has 0 radical (unpaired) electrons. The number of amides is 1. The van der Waals surface area contributed by atoms with E-state index in [9.17, 15) is 4.79 Å². The molecule has 19 heavy (non-hydrogen) atoms. The Kier molecular flexibility index (Phi) is 4.13. The first-order valence-corrected chi connectivity index (χ1v) is 6.27. The summed E-state index contributed by atoms with van der Waals surface area (Å²) in [6.45, 7) is 2.03. The van der Waals surface area contributed by atoms with Gasteiger partial charge in [0.1, 0.15) is 0 Å². The first kappa shape index (κ1) is 13.1. The maximum atomic E-state index is 12.2. The Morgan fingerprint density at radius 3 is 2.68 bits per heavy atom. The number of nitrogens with zero attached hydrogens (tertiary/aromatic N) is 1. The molecule has 0 aliphatic carbocycles. The highest BCUT2D eigenvalue weighted by Crippen LogP contribution is 2.17. The number of rotatable bonds is 4. The van der Waals surface area contributed by atoms with E-state index in [0.717, 1.165) is 12.0 Å². The zero-order valence-electron chi connectivity index (χ0n) is 10.8. The predicted octanol–water partition coefficient (Wildman–Crippen LogP) is 2.54. The molecule has 4 heteroatoms. The van der Waals surface area contributed by atoms with Gasteiger partial charge in [0.2, 0.25) is 0 Å². The molecule has 2 aromatic rings. The fourth-order valence-electron chi connectivity index (χ4n) is 1.94. The third-order valence-electron chi connectivity index (χ3n) is 3.01. The highest BCUT2D eigenvalue weighted by Gasteiger charge is 2.15. The molecule has 0 saturated carbocycles. The van der Waals surface area contributed by atoms with Crippen LogP contribution in [0.4, 0.5) is 5.69 Å². The molecule has 2 rings (SSSR count). The van der Waals surface area contributed by atoms with Crippen LogP contribution in [0.3, 0.4) is 0 Å². The zero-order valence-corrected chi connectivity index (χ0v) is 10.8. The summed E-state index contributed by atoms with van der Waals surface area (Å²) in [5.41, 5.74) is 7.71. The Morgan fingerprint density at radius 1 is 1.32 bits per heavy atom. The minimum absolute atomic E-state index is 0.0201. The zero-order chi connectivity index (χ0) is 13.7. The van der Waals surface area contributed by atoms with Crippen molar-refractivity contribution in [3.63, 3.8) is 0 Å². The van der Waals surface area contributed by atoms with Crippen LogP contribution in [0, 0.1) is 0 Å². The lowest BCUT2D eigenvalue weighted by Crippen LogP contribution is -2.28. The second-order valence-corrected chi connectivity index (χ2v) is 4.31. The van der Waals surface area contributed by atoms with Gasteiger partial charge in [0.15, 0.2) is 0 Å². The minimum Gasteiger partial charge on any atom is -0.398 e. The molecule has 1 amide bonds. The summed E-state index contributed by atoms with van der Waals surface area (Å²) in [5.74, 6) is -0.193. The van der Waals surface area contributed by atoms with Crippen molar-refractivity contribution in [3.05, 3.63) is 59.9 Å². The first-order valence-electron chi connectivity index (χ1n) is 6.27. The molecule has 1 atom stereocenters. The number of carbonyl (C=O) groups excluding carboxylic acids is 1. The van der Waals surface area contributed by atoms with Gasteiger partial charge in [0.05, 0.1) is 11.6 Å². The fourth-order valence-corrected chi connectivity index (χ4v) is 1.94. The van der Waals surface area contributed by atoms with Crippen LogP contribution >= 0.6 is 0 Å². The molecule has 1 unspecified atom stereocenters. The van der Waals surface area contributed by atoms with Crippen LogP contribution in [0.1, 0.15) is 35.3 Å². The predicted molar refractivity (Wildman–Crippen MR) is 75.6 cm³/mol. The molecular weight excluding hydrogens is 238 g/mol. The van der Waals surface area contributed by atoms with E-state index in [1.54, 1.807) is 12.3 Å². The van der Waals surface area contributed by atoms with Crippen molar-refractivity contribution < 1.29 is 4.79 Å². The van der Waals surface area contributed by atoms with Crippen LogP contribution in [0.2, 0.25) is 0 Å². The summed E-state index contributed by atoms with van der Waals surface area (Å²) in [6, 6.07) is 11.5. The van der Waals surface area contributed by atoms with Gasteiger partial charge in [-0.25, -0.2) is 0 Å². The van der Waals surface area contributed by atoms with E-state index in [-0.39, 0.29) is 11.9 Å². The molecule has 0 bridgehead atoms. The van der Waals surface area contributed by atoms with Crippen LogP contribution in [-0.2, 0) is 0 Å². The monoisotopic (exact) mass is 255 g/mol. The summed E-state index contributed by atoms with van der Waals surface area (Å²) in [6.07, 6.45) is 3.87. The molecule has 4 nitrogen and oxygen atoms in total. The van der Waals surface area contributed by atoms with Gasteiger partial charge >= 0.3 is 0 Å². The molecule has 0 aliphatic rings. The normalized spacial score (nSPS) is 11.8. The quantitative estimate of drug-likeness (QED) is 0.882. The molecule has 98 valence electrons. The third kappa shape index (κ3) is 3.10. The number of anilines is 1. The van der Waals surface area contributed by atoms with Crippen molar-refractivity contribution in [2.75, 3.05) is 5.73 Å². The van der Waals surface area contributed by atoms with E-state index in [4.69, 9.17) is 5.73 Å². The van der Waals surface area contributed by atoms with Crippen molar-refractivity contribution in [1.82, 2.24) is 10.3 Å². The van der Waals surface area contributed by atoms with E-state index in [2.05, 4.69) is 10.3 Å². The average molecular weight is 255 g/mol. The Labute approximate surface area is 112 Å². The largest absolute Gasteiger partial charge is 0.398 e. The lowest BCUT2D eigenvalue weighted by molar-refractivity contribution is 0.0936. The van der Waals surface area contributed by atoms with Crippen molar-refractivity contribution in [2.45, 2.75) is 19.4 Å². The minimum atomic E-state index is -0.193. The van der Waals surface area contributed by atoms with Gasteiger partial charge in [-0.05, 0) is 18.1 Å². The number of carbonyl (C=O) groups is 1. The van der Waals surface area contributed by atoms with E-state index in [0.29, 0.717) is 11.3 Å². The highest BCUT2D eigenvalue weighted by atomic mass is 16.1. The van der Waals surface area contributed by atoms with Crippen molar-refractivity contribution in [1.29, 1.82) is 0 Å². The number of pyridine rings is 1. The van der Waals surface area contributed by atoms with Crippen LogP contribution in [0.15, 0.2) is 48.8 Å². The number of hydrogen-bond donors (Lipinski definition) is 2. The van der Waals surface area contributed by atoms with Crippen LogP contribution in [0.5, 0.6) is 0 Å². The first-order chi connectivity index (χ1) is 9.22. The molecule has 1 aromatic carbocycles. The smallest absolute Gasteiger partial charge is 0.255 e. The maximum Gasteiger partial charge on any atom is 0.255 e. The highest BCUT2D eigenvalue weighted by molar-refractivity contribution is 5.98. The second-order valence-electron chi connectivity index (χ2n) is 4.31. The van der Waals surface area contributed by atoms with Gasteiger partial charge in [-0.15, -0.1) is 0 Å². The van der Waals surface area contributed by atoms with E-state index >= 15 is 0 Å². The number of nitrogen functional groups attached to an aromatic ring is 1. The maximum absolute atomic E-state index is 12.2. The Hall–Kier alpha value is -2.36. The lowest BCUT2D eigenvalue weighted by atomic mass is 10.0. The summed E-state index contributed by atoms with van der Waals surface area (Å²) >= 11 is 0. The van der Waals surface area contributed by atoms with Crippen LogP contribution < -0.4 is 11.1 Å². The van der Waals surface area contributed by atoms with Gasteiger partial charge in [0, 0.05) is 18.1 Å². The van der Waals surface area contributed by atoms with Crippen LogP contribution in [-0.4, -0.2) is 10.9 Å². The molecular formula is C15H17N3O. The molecule has 3 N–H and O–H groups in total.